The molecule has 0 unspecified atom stereocenters. The number of nitrogens with zero attached hydrogens (tertiary/aromatic N) is 1. The predicted octanol–water partition coefficient (Wildman–Crippen LogP) is 2.02. The normalized spacial score (nSPS) is 12.2. The van der Waals surface area contributed by atoms with Gasteiger partial charge >= 0.3 is 0 Å². The molecule has 0 fully saturated rings. The van der Waals surface area contributed by atoms with E-state index in [-0.39, 0.29) is 0 Å². The van der Waals surface area contributed by atoms with E-state index in [1.165, 1.54) is 19.3 Å². The molecule has 1 aliphatic carbocycles. The zero-order valence-corrected chi connectivity index (χ0v) is 6.83. The van der Waals surface area contributed by atoms with E-state index in [9.17, 15) is 0 Å². The van der Waals surface area contributed by atoms with Crippen LogP contribution in [0.5, 0.6) is 0 Å². The van der Waals surface area contributed by atoms with Crippen molar-refractivity contribution < 1.29 is 5.11 Å². The number of hydrogen-bond donors (Lipinski definition) is 1. The van der Waals surface area contributed by atoms with Gasteiger partial charge in [-0.3, -0.25) is 0 Å². The van der Waals surface area contributed by atoms with Crippen LogP contribution in [-0.4, -0.2) is 5.11 Å². The maximum Gasteiger partial charge on any atom is 0.283 e. The van der Waals surface area contributed by atoms with Gasteiger partial charge in [0.05, 0.1) is 0 Å². The van der Waals surface area contributed by atoms with Crippen LogP contribution in [0.3, 0.4) is 0 Å². The summed E-state index contributed by atoms with van der Waals surface area (Å²) in [5.74, 6) is 0. The van der Waals surface area contributed by atoms with Gasteiger partial charge in [-0.2, -0.15) is 5.26 Å². The van der Waals surface area contributed by atoms with E-state index in [0.29, 0.717) is 0 Å². The van der Waals surface area contributed by atoms with Crippen LogP contribution in [0.2, 0.25) is 0 Å². The Hall–Kier alpha value is -1.49. The Morgan fingerprint density at radius 2 is 1.58 bits per heavy atom. The minimum atomic E-state index is 0.750. The first-order chi connectivity index (χ1) is 5.88. The molecule has 2 rings (SSSR count). The molecular formula is C10H11NO. The number of aryl methyl sites for hydroxylation is 2. The summed E-state index contributed by atoms with van der Waals surface area (Å²) < 4.78 is 0. The van der Waals surface area contributed by atoms with Crippen molar-refractivity contribution in [3.63, 3.8) is 0 Å². The number of aliphatic hydroxyl groups excluding tert-OH is 1. The van der Waals surface area contributed by atoms with Crippen LogP contribution in [0.1, 0.15) is 17.5 Å². The van der Waals surface area contributed by atoms with Gasteiger partial charge in [0, 0.05) is 0 Å². The molecule has 0 spiro atoms. The van der Waals surface area contributed by atoms with Crippen LogP contribution in [0.4, 0.5) is 0 Å². The maximum atomic E-state index is 6.88. The highest BCUT2D eigenvalue weighted by molar-refractivity contribution is 5.30. The van der Waals surface area contributed by atoms with E-state index in [1.54, 1.807) is 11.1 Å². The fourth-order valence-electron chi connectivity index (χ4n) is 1.51. The lowest BCUT2D eigenvalue weighted by Gasteiger charge is -1.93. The SMILES string of the molecule is N#CO.c1ccc2c(c1)CCC2. The van der Waals surface area contributed by atoms with Crippen molar-refractivity contribution in [3.8, 4) is 6.26 Å². The number of nitriles is 1. The van der Waals surface area contributed by atoms with Crippen LogP contribution >= 0.6 is 0 Å². The first-order valence-electron chi connectivity index (χ1n) is 3.98. The first-order valence-corrected chi connectivity index (χ1v) is 3.98. The van der Waals surface area contributed by atoms with Crippen LogP contribution in [0.15, 0.2) is 24.3 Å². The third-order valence-electron chi connectivity index (χ3n) is 2.01. The van der Waals surface area contributed by atoms with Crippen molar-refractivity contribution in [2.45, 2.75) is 19.3 Å². The van der Waals surface area contributed by atoms with Gasteiger partial charge in [0.1, 0.15) is 0 Å². The minimum Gasteiger partial charge on any atom is -0.443 e. The molecule has 12 heavy (non-hydrogen) atoms. The highest BCUT2D eigenvalue weighted by Crippen LogP contribution is 2.20. The standard InChI is InChI=1S/C9H10.CHNO/c1-2-5-9-7-3-6-8(9)4-1;2-1-3/h1-2,4-5H,3,6-7H2;3H. The molecule has 0 amide bonds. The van der Waals surface area contributed by atoms with Crippen LogP contribution < -0.4 is 0 Å². The predicted molar refractivity (Wildman–Crippen MR) is 46.0 cm³/mol. The summed E-state index contributed by atoms with van der Waals surface area (Å²) in [5.41, 5.74) is 3.13. The van der Waals surface area contributed by atoms with Gasteiger partial charge in [-0.15, -0.1) is 0 Å². The number of benzene rings is 1. The summed E-state index contributed by atoms with van der Waals surface area (Å²) in [7, 11) is 0. The van der Waals surface area contributed by atoms with Crippen molar-refractivity contribution in [2.24, 2.45) is 0 Å². The number of aliphatic hydroxyl groups is 1. The van der Waals surface area contributed by atoms with E-state index < -0.39 is 0 Å². The topological polar surface area (TPSA) is 44.0 Å². The van der Waals surface area contributed by atoms with E-state index in [0.717, 1.165) is 6.26 Å². The van der Waals surface area contributed by atoms with Gasteiger partial charge < -0.3 is 5.11 Å². The number of fused-ring (bicyclic) bond motifs is 1. The Morgan fingerprint density at radius 1 is 1.17 bits per heavy atom. The molecule has 0 radical (unpaired) electrons. The molecule has 0 aromatic heterocycles. The smallest absolute Gasteiger partial charge is 0.283 e. The Bertz CT molecular complexity index is 265. The van der Waals surface area contributed by atoms with Gasteiger partial charge in [-0.05, 0) is 30.4 Å². The third-order valence-corrected chi connectivity index (χ3v) is 2.01. The Balaban J connectivity index is 0.000000213. The van der Waals surface area contributed by atoms with Gasteiger partial charge in [0.2, 0.25) is 0 Å². The Morgan fingerprint density at radius 3 is 2.00 bits per heavy atom. The largest absolute Gasteiger partial charge is 0.443 e. The minimum absolute atomic E-state index is 0.750. The van der Waals surface area contributed by atoms with Gasteiger partial charge in [0.15, 0.2) is 0 Å². The lowest BCUT2D eigenvalue weighted by molar-refractivity contribution is 0.503. The molecule has 0 atom stereocenters. The summed E-state index contributed by atoms with van der Waals surface area (Å²) in [5, 5.41) is 13.8. The zero-order valence-electron chi connectivity index (χ0n) is 6.83. The Labute approximate surface area is 72.1 Å². The van der Waals surface area contributed by atoms with Crippen LogP contribution in [-0.2, 0) is 12.8 Å². The van der Waals surface area contributed by atoms with Crippen molar-refractivity contribution in [1.82, 2.24) is 0 Å². The summed E-state index contributed by atoms with van der Waals surface area (Å²) in [6.45, 7) is 0. The summed E-state index contributed by atoms with van der Waals surface area (Å²) in [6, 6.07) is 8.74. The third kappa shape index (κ3) is 2.00. The molecule has 1 N–H and O–H groups in total. The molecule has 1 aromatic rings. The molecule has 0 heterocycles. The van der Waals surface area contributed by atoms with Gasteiger partial charge in [-0.25, -0.2) is 0 Å². The van der Waals surface area contributed by atoms with Crippen molar-refractivity contribution in [2.75, 3.05) is 0 Å². The monoisotopic (exact) mass is 161 g/mol. The van der Waals surface area contributed by atoms with Crippen molar-refractivity contribution >= 4 is 0 Å². The van der Waals surface area contributed by atoms with E-state index >= 15 is 0 Å². The second-order valence-electron chi connectivity index (χ2n) is 2.72. The van der Waals surface area contributed by atoms with Crippen molar-refractivity contribution in [3.05, 3.63) is 35.4 Å². The summed E-state index contributed by atoms with van der Waals surface area (Å²) in [4.78, 5) is 0. The van der Waals surface area contributed by atoms with Crippen molar-refractivity contribution in [1.29, 1.82) is 5.26 Å². The molecule has 1 aliphatic rings. The highest BCUT2D eigenvalue weighted by Gasteiger charge is 2.07. The summed E-state index contributed by atoms with van der Waals surface area (Å²) >= 11 is 0. The van der Waals surface area contributed by atoms with E-state index in [4.69, 9.17) is 10.4 Å². The second kappa shape index (κ2) is 4.40. The highest BCUT2D eigenvalue weighted by atomic mass is 16.2. The fourth-order valence-corrected chi connectivity index (χ4v) is 1.51. The first kappa shape index (κ1) is 8.61. The van der Waals surface area contributed by atoms with E-state index in [1.807, 2.05) is 0 Å². The molecule has 1 aromatic carbocycles. The van der Waals surface area contributed by atoms with Crippen LogP contribution in [0.25, 0.3) is 0 Å². The zero-order chi connectivity index (χ0) is 8.81. The number of hydrogen-bond acceptors (Lipinski definition) is 2. The molecule has 0 aliphatic heterocycles. The number of rotatable bonds is 0. The molecule has 62 valence electrons. The van der Waals surface area contributed by atoms with Gasteiger partial charge in [0.25, 0.3) is 6.26 Å². The lowest BCUT2D eigenvalue weighted by Crippen LogP contribution is -1.77. The van der Waals surface area contributed by atoms with E-state index in [2.05, 4.69) is 24.3 Å². The molecule has 0 bridgehead atoms. The summed E-state index contributed by atoms with van der Waals surface area (Å²) in [6.07, 6.45) is 4.71. The molecule has 0 saturated heterocycles. The average molecular weight is 161 g/mol. The average Bonchev–Trinajstić information content (AvgIpc) is 2.52. The molecular weight excluding hydrogens is 150 g/mol. The maximum absolute atomic E-state index is 6.88. The molecule has 2 heteroatoms. The molecule has 0 saturated carbocycles. The second-order valence-corrected chi connectivity index (χ2v) is 2.72. The fraction of sp³-hybridized carbons (Fsp3) is 0.300. The molecule has 2 nitrogen and oxygen atoms in total. The Kier molecular flexibility index (Phi) is 3.16. The quantitative estimate of drug-likeness (QED) is 0.591. The van der Waals surface area contributed by atoms with Gasteiger partial charge in [-0.1, -0.05) is 24.3 Å². The lowest BCUT2D eigenvalue weighted by atomic mass is 10.1. The van der Waals surface area contributed by atoms with Crippen LogP contribution in [0, 0.1) is 11.5 Å².